The van der Waals surface area contributed by atoms with Crippen LogP contribution in [-0.2, 0) is 15.9 Å². The number of rotatable bonds is 3. The van der Waals surface area contributed by atoms with Gasteiger partial charge in [0.1, 0.15) is 0 Å². The Hall–Kier alpha value is -0.580. The lowest BCUT2D eigenvalue weighted by Crippen LogP contribution is -2.44. The Labute approximate surface area is 120 Å². The maximum Gasteiger partial charge on any atom is 0.243 e. The third-order valence-corrected chi connectivity index (χ3v) is 6.00. The lowest BCUT2D eigenvalue weighted by atomic mass is 9.97. The van der Waals surface area contributed by atoms with E-state index >= 15 is 0 Å². The summed E-state index contributed by atoms with van der Waals surface area (Å²) in [6.45, 7) is 4.69. The van der Waals surface area contributed by atoms with E-state index in [1.165, 1.54) is 0 Å². The molecule has 0 radical (unpaired) electrons. The van der Waals surface area contributed by atoms with Crippen LogP contribution in [0.5, 0.6) is 0 Å². The van der Waals surface area contributed by atoms with Gasteiger partial charge in [-0.15, -0.1) is 11.6 Å². The van der Waals surface area contributed by atoms with Crippen molar-refractivity contribution < 1.29 is 8.42 Å². The molecule has 106 valence electrons. The van der Waals surface area contributed by atoms with Crippen LogP contribution < -0.4 is 0 Å². The Morgan fingerprint density at radius 2 is 2.05 bits per heavy atom. The fraction of sp³-hybridized carbons (Fsp3) is 0.571. The highest BCUT2D eigenvalue weighted by Crippen LogP contribution is 2.28. The minimum Gasteiger partial charge on any atom is -0.207 e. The molecule has 0 aromatic heterocycles. The first kappa shape index (κ1) is 14.8. The fourth-order valence-electron chi connectivity index (χ4n) is 2.51. The van der Waals surface area contributed by atoms with E-state index in [1.807, 2.05) is 13.0 Å². The highest BCUT2D eigenvalue weighted by Gasteiger charge is 2.33. The maximum atomic E-state index is 12.7. The van der Waals surface area contributed by atoms with E-state index < -0.39 is 10.0 Å². The number of halogens is 1. The lowest BCUT2D eigenvalue weighted by Gasteiger charge is -2.35. The van der Waals surface area contributed by atoms with E-state index in [4.69, 9.17) is 11.6 Å². The third-order valence-electron chi connectivity index (χ3n) is 3.72. The standard InChI is InChI=1S/C14H20ClNO2S/c1-11-6-7-12(2)16(10-11)19(17,18)14-5-3-4-13(8-14)9-15/h3-5,8,11-12H,6-7,9-10H2,1-2H3. The van der Waals surface area contributed by atoms with E-state index in [9.17, 15) is 8.42 Å². The van der Waals surface area contributed by atoms with Crippen LogP contribution in [0.25, 0.3) is 0 Å². The number of piperidine rings is 1. The molecule has 1 aromatic carbocycles. The average molecular weight is 302 g/mol. The van der Waals surface area contributed by atoms with Crippen molar-refractivity contribution in [1.82, 2.24) is 4.31 Å². The molecular formula is C14H20ClNO2S. The third kappa shape index (κ3) is 3.12. The van der Waals surface area contributed by atoms with Crippen LogP contribution in [0.15, 0.2) is 29.2 Å². The van der Waals surface area contributed by atoms with Crippen molar-refractivity contribution in [2.24, 2.45) is 5.92 Å². The average Bonchev–Trinajstić information content (AvgIpc) is 2.41. The SMILES string of the molecule is CC1CCC(C)N(S(=O)(=O)c2cccc(CCl)c2)C1. The van der Waals surface area contributed by atoms with Gasteiger partial charge in [0, 0.05) is 18.5 Å². The van der Waals surface area contributed by atoms with Crippen LogP contribution in [0.1, 0.15) is 32.3 Å². The predicted octanol–water partition coefficient (Wildman–Crippen LogP) is 3.23. The summed E-state index contributed by atoms with van der Waals surface area (Å²) in [5.41, 5.74) is 0.834. The molecule has 3 nitrogen and oxygen atoms in total. The van der Waals surface area contributed by atoms with E-state index in [0.717, 1.165) is 18.4 Å². The molecule has 0 amide bonds. The summed E-state index contributed by atoms with van der Waals surface area (Å²) >= 11 is 5.78. The molecule has 0 saturated carbocycles. The second kappa shape index (κ2) is 5.81. The summed E-state index contributed by atoms with van der Waals surface area (Å²) in [5.74, 6) is 0.747. The highest BCUT2D eigenvalue weighted by molar-refractivity contribution is 7.89. The molecule has 1 fully saturated rings. The molecule has 1 aliphatic heterocycles. The van der Waals surface area contributed by atoms with Crippen molar-refractivity contribution >= 4 is 21.6 Å². The Bertz CT molecular complexity index is 544. The summed E-state index contributed by atoms with van der Waals surface area (Å²) in [6, 6.07) is 6.99. The van der Waals surface area contributed by atoms with Crippen LogP contribution in [0.2, 0.25) is 0 Å². The normalized spacial score (nSPS) is 25.4. The second-order valence-corrected chi connectivity index (χ2v) is 7.55. The fourth-order valence-corrected chi connectivity index (χ4v) is 4.53. The van der Waals surface area contributed by atoms with E-state index in [0.29, 0.717) is 23.2 Å². The van der Waals surface area contributed by atoms with Gasteiger partial charge in [-0.1, -0.05) is 19.1 Å². The molecule has 0 aliphatic carbocycles. The van der Waals surface area contributed by atoms with Gasteiger partial charge >= 0.3 is 0 Å². The molecule has 2 atom stereocenters. The van der Waals surface area contributed by atoms with Crippen molar-refractivity contribution in [2.75, 3.05) is 6.54 Å². The topological polar surface area (TPSA) is 37.4 Å². The molecule has 2 rings (SSSR count). The molecule has 1 heterocycles. The minimum atomic E-state index is -3.40. The van der Waals surface area contributed by atoms with Gasteiger partial charge in [0.2, 0.25) is 10.0 Å². The van der Waals surface area contributed by atoms with Crippen LogP contribution in [0.3, 0.4) is 0 Å². The molecule has 1 saturated heterocycles. The number of alkyl halides is 1. The zero-order valence-electron chi connectivity index (χ0n) is 11.3. The van der Waals surface area contributed by atoms with E-state index in [1.54, 1.807) is 22.5 Å². The Morgan fingerprint density at radius 1 is 1.32 bits per heavy atom. The molecule has 0 spiro atoms. The van der Waals surface area contributed by atoms with Gasteiger partial charge in [-0.05, 0) is 43.4 Å². The molecule has 5 heteroatoms. The first-order chi connectivity index (χ1) is 8.95. The Morgan fingerprint density at radius 3 is 2.74 bits per heavy atom. The van der Waals surface area contributed by atoms with Gasteiger partial charge in [-0.2, -0.15) is 4.31 Å². The molecule has 2 unspecified atom stereocenters. The van der Waals surface area contributed by atoms with E-state index in [-0.39, 0.29) is 6.04 Å². The largest absolute Gasteiger partial charge is 0.243 e. The van der Waals surface area contributed by atoms with Crippen molar-refractivity contribution in [3.05, 3.63) is 29.8 Å². The number of benzene rings is 1. The second-order valence-electron chi connectivity index (χ2n) is 5.39. The number of hydrogen-bond donors (Lipinski definition) is 0. The first-order valence-electron chi connectivity index (χ1n) is 6.62. The Kier molecular flexibility index (Phi) is 4.54. The molecule has 1 aliphatic rings. The van der Waals surface area contributed by atoms with Crippen LogP contribution in [0, 0.1) is 5.92 Å². The first-order valence-corrected chi connectivity index (χ1v) is 8.59. The van der Waals surface area contributed by atoms with Gasteiger partial charge in [-0.3, -0.25) is 0 Å². The highest BCUT2D eigenvalue weighted by atomic mass is 35.5. The van der Waals surface area contributed by atoms with Crippen molar-refractivity contribution in [3.63, 3.8) is 0 Å². The monoisotopic (exact) mass is 301 g/mol. The summed E-state index contributed by atoms with van der Waals surface area (Å²) in [4.78, 5) is 0.353. The quantitative estimate of drug-likeness (QED) is 0.804. The summed E-state index contributed by atoms with van der Waals surface area (Å²) in [6.07, 6.45) is 2.02. The van der Waals surface area contributed by atoms with Gasteiger partial charge in [0.05, 0.1) is 4.90 Å². The minimum absolute atomic E-state index is 0.0702. The van der Waals surface area contributed by atoms with Gasteiger partial charge in [-0.25, -0.2) is 8.42 Å². The zero-order chi connectivity index (χ0) is 14.0. The molecule has 0 N–H and O–H groups in total. The van der Waals surface area contributed by atoms with Crippen LogP contribution in [0.4, 0.5) is 0 Å². The molecule has 19 heavy (non-hydrogen) atoms. The Balaban J connectivity index is 2.35. The lowest BCUT2D eigenvalue weighted by molar-refractivity contribution is 0.218. The van der Waals surface area contributed by atoms with Gasteiger partial charge in [0.25, 0.3) is 0 Å². The zero-order valence-corrected chi connectivity index (χ0v) is 12.9. The van der Waals surface area contributed by atoms with Crippen LogP contribution in [-0.4, -0.2) is 25.3 Å². The number of hydrogen-bond acceptors (Lipinski definition) is 2. The smallest absolute Gasteiger partial charge is 0.207 e. The summed E-state index contributed by atoms with van der Waals surface area (Å²) in [7, 11) is -3.40. The molecule has 1 aromatic rings. The van der Waals surface area contributed by atoms with Crippen molar-refractivity contribution in [2.45, 2.75) is 43.5 Å². The maximum absolute atomic E-state index is 12.7. The van der Waals surface area contributed by atoms with Gasteiger partial charge < -0.3 is 0 Å². The number of nitrogens with zero attached hydrogens (tertiary/aromatic N) is 1. The summed E-state index contributed by atoms with van der Waals surface area (Å²) in [5, 5.41) is 0. The predicted molar refractivity (Wildman–Crippen MR) is 77.8 cm³/mol. The van der Waals surface area contributed by atoms with Crippen molar-refractivity contribution in [3.8, 4) is 0 Å². The van der Waals surface area contributed by atoms with E-state index in [2.05, 4.69) is 6.92 Å². The van der Waals surface area contributed by atoms with Crippen LogP contribution >= 0.6 is 11.6 Å². The number of sulfonamides is 1. The molecule has 0 bridgehead atoms. The summed E-state index contributed by atoms with van der Waals surface area (Å²) < 4.78 is 27.0. The molecular weight excluding hydrogens is 282 g/mol. The van der Waals surface area contributed by atoms with Crippen molar-refractivity contribution in [1.29, 1.82) is 0 Å². The van der Waals surface area contributed by atoms with Gasteiger partial charge in [0.15, 0.2) is 0 Å².